The topological polar surface area (TPSA) is 31.4 Å². The Morgan fingerprint density at radius 2 is 1.71 bits per heavy atom. The van der Waals surface area contributed by atoms with Crippen LogP contribution in [0.25, 0.3) is 23.1 Å². The van der Waals surface area contributed by atoms with Gasteiger partial charge in [0.2, 0.25) is 0 Å². The third kappa shape index (κ3) is 4.96. The van der Waals surface area contributed by atoms with Crippen molar-refractivity contribution in [3.63, 3.8) is 0 Å². The largest absolute Gasteiger partial charge is 0.495 e. The van der Waals surface area contributed by atoms with Crippen LogP contribution in [0, 0.1) is 0 Å². The third-order valence-corrected chi connectivity index (χ3v) is 5.59. The van der Waals surface area contributed by atoms with Crippen molar-refractivity contribution in [2.75, 3.05) is 7.11 Å². The van der Waals surface area contributed by atoms with E-state index in [1.54, 1.807) is 19.2 Å². The van der Waals surface area contributed by atoms with Crippen LogP contribution in [0.5, 0.6) is 11.5 Å². The van der Waals surface area contributed by atoms with Gasteiger partial charge in [-0.2, -0.15) is 0 Å². The van der Waals surface area contributed by atoms with Crippen LogP contribution in [0.1, 0.15) is 16.8 Å². The molecule has 0 aliphatic rings. The smallest absolute Gasteiger partial charge is 0.146 e. The molecule has 0 saturated carbocycles. The van der Waals surface area contributed by atoms with E-state index in [9.17, 15) is 0 Å². The fourth-order valence-electron chi connectivity index (χ4n) is 3.21. The lowest BCUT2D eigenvalue weighted by molar-refractivity contribution is 0.309. The van der Waals surface area contributed by atoms with Crippen molar-refractivity contribution in [1.82, 2.24) is 4.98 Å². The number of fused-ring (bicyclic) bond motifs is 1. The molecule has 1 heterocycles. The number of aromatic nitrogens is 1. The third-order valence-electron chi connectivity index (χ3n) is 4.72. The molecule has 4 rings (SSSR count). The zero-order chi connectivity index (χ0) is 21.8. The van der Waals surface area contributed by atoms with Gasteiger partial charge >= 0.3 is 0 Å². The molecule has 0 aliphatic carbocycles. The lowest BCUT2D eigenvalue weighted by Gasteiger charge is -2.10. The Hall–Kier alpha value is -2.72. The van der Waals surface area contributed by atoms with Crippen molar-refractivity contribution in [2.45, 2.75) is 6.61 Å². The molecule has 3 nitrogen and oxygen atoms in total. The van der Waals surface area contributed by atoms with Gasteiger partial charge in [-0.15, -0.1) is 0 Å². The first kappa shape index (κ1) is 21.5. The SMILES string of the molecule is COc1c(Cl)cc(Cl)cc1/C=C/c1ccc2cccc(OCc3ccccc3Cl)c2n1. The van der Waals surface area contributed by atoms with E-state index in [-0.39, 0.29) is 0 Å². The summed E-state index contributed by atoms with van der Waals surface area (Å²) in [4.78, 5) is 4.77. The minimum absolute atomic E-state index is 0.360. The van der Waals surface area contributed by atoms with E-state index < -0.39 is 0 Å². The number of pyridine rings is 1. The maximum Gasteiger partial charge on any atom is 0.146 e. The fourth-order valence-corrected chi connectivity index (χ4v) is 3.99. The van der Waals surface area contributed by atoms with Crippen molar-refractivity contribution in [3.05, 3.63) is 98.6 Å². The van der Waals surface area contributed by atoms with Gasteiger partial charge in [0.15, 0.2) is 0 Å². The molecular formula is C25H18Cl3NO2. The molecule has 0 spiro atoms. The highest BCUT2D eigenvalue weighted by molar-refractivity contribution is 6.36. The Bertz CT molecular complexity index is 1270. The Labute approximate surface area is 195 Å². The number of ether oxygens (including phenoxy) is 2. The fraction of sp³-hybridized carbons (Fsp3) is 0.0800. The Kier molecular flexibility index (Phi) is 6.67. The highest BCUT2D eigenvalue weighted by Gasteiger charge is 2.09. The maximum absolute atomic E-state index is 6.25. The summed E-state index contributed by atoms with van der Waals surface area (Å²) < 4.78 is 11.4. The van der Waals surface area contributed by atoms with Gasteiger partial charge in [0.25, 0.3) is 0 Å². The summed E-state index contributed by atoms with van der Waals surface area (Å²) in [6, 6.07) is 20.9. The van der Waals surface area contributed by atoms with E-state index in [4.69, 9.17) is 49.3 Å². The van der Waals surface area contributed by atoms with Gasteiger partial charge in [0.05, 0.1) is 17.8 Å². The molecule has 156 valence electrons. The summed E-state index contributed by atoms with van der Waals surface area (Å²) in [6.45, 7) is 0.360. The highest BCUT2D eigenvalue weighted by Crippen LogP contribution is 2.33. The number of hydrogen-bond donors (Lipinski definition) is 0. The summed E-state index contributed by atoms with van der Waals surface area (Å²) >= 11 is 18.6. The molecule has 4 aromatic rings. The van der Waals surface area contributed by atoms with Crippen molar-refractivity contribution < 1.29 is 9.47 Å². The molecule has 6 heteroatoms. The molecule has 0 fully saturated rings. The van der Waals surface area contributed by atoms with Crippen LogP contribution in [0.3, 0.4) is 0 Å². The lowest BCUT2D eigenvalue weighted by Crippen LogP contribution is -1.98. The molecular weight excluding hydrogens is 453 g/mol. The molecule has 0 bridgehead atoms. The van der Waals surface area contributed by atoms with Gasteiger partial charge in [0, 0.05) is 26.6 Å². The zero-order valence-corrected chi connectivity index (χ0v) is 18.9. The minimum atomic E-state index is 0.360. The van der Waals surface area contributed by atoms with Crippen LogP contribution >= 0.6 is 34.8 Å². The minimum Gasteiger partial charge on any atom is -0.495 e. The highest BCUT2D eigenvalue weighted by atomic mass is 35.5. The first-order chi connectivity index (χ1) is 15.0. The molecule has 0 N–H and O–H groups in total. The summed E-state index contributed by atoms with van der Waals surface area (Å²) in [6.07, 6.45) is 3.76. The van der Waals surface area contributed by atoms with Crippen LogP contribution in [-0.2, 0) is 6.61 Å². The number of nitrogens with zero attached hydrogens (tertiary/aromatic N) is 1. The van der Waals surface area contributed by atoms with Crippen LogP contribution in [-0.4, -0.2) is 12.1 Å². The number of para-hydroxylation sites is 1. The van der Waals surface area contributed by atoms with Crippen molar-refractivity contribution in [1.29, 1.82) is 0 Å². The summed E-state index contributed by atoms with van der Waals surface area (Å²) in [5.74, 6) is 1.25. The van der Waals surface area contributed by atoms with Gasteiger partial charge in [-0.1, -0.05) is 71.2 Å². The van der Waals surface area contributed by atoms with Crippen LogP contribution < -0.4 is 9.47 Å². The molecule has 0 amide bonds. The van der Waals surface area contributed by atoms with E-state index in [0.717, 1.165) is 27.7 Å². The maximum atomic E-state index is 6.25. The van der Waals surface area contributed by atoms with Gasteiger partial charge in [-0.3, -0.25) is 0 Å². The first-order valence-corrected chi connectivity index (χ1v) is 10.7. The average Bonchev–Trinajstić information content (AvgIpc) is 2.76. The van der Waals surface area contributed by atoms with E-state index in [1.807, 2.05) is 66.7 Å². The van der Waals surface area contributed by atoms with E-state index >= 15 is 0 Å². The molecule has 0 atom stereocenters. The molecule has 3 aromatic carbocycles. The number of methoxy groups -OCH3 is 1. The quantitative estimate of drug-likeness (QED) is 0.286. The summed E-state index contributed by atoms with van der Waals surface area (Å²) in [5, 5.41) is 2.65. The second-order valence-electron chi connectivity index (χ2n) is 6.79. The number of benzene rings is 3. The zero-order valence-electron chi connectivity index (χ0n) is 16.6. The predicted octanol–water partition coefficient (Wildman–Crippen LogP) is 7.95. The van der Waals surface area contributed by atoms with Crippen molar-refractivity contribution >= 4 is 57.9 Å². The monoisotopic (exact) mass is 469 g/mol. The number of rotatable bonds is 6. The van der Waals surface area contributed by atoms with Gasteiger partial charge in [-0.25, -0.2) is 4.98 Å². The Balaban J connectivity index is 1.64. The molecule has 0 unspecified atom stereocenters. The average molecular weight is 471 g/mol. The molecule has 1 aromatic heterocycles. The van der Waals surface area contributed by atoms with Gasteiger partial charge < -0.3 is 9.47 Å². The van der Waals surface area contributed by atoms with Crippen molar-refractivity contribution in [3.8, 4) is 11.5 Å². The number of hydrogen-bond acceptors (Lipinski definition) is 3. The van der Waals surface area contributed by atoms with Crippen LogP contribution in [0.4, 0.5) is 0 Å². The first-order valence-electron chi connectivity index (χ1n) is 9.52. The van der Waals surface area contributed by atoms with Crippen molar-refractivity contribution in [2.24, 2.45) is 0 Å². The molecule has 0 radical (unpaired) electrons. The normalized spacial score (nSPS) is 11.2. The van der Waals surface area contributed by atoms with Gasteiger partial charge in [-0.05, 0) is 42.5 Å². The van der Waals surface area contributed by atoms with E-state index in [2.05, 4.69) is 0 Å². The lowest BCUT2D eigenvalue weighted by atomic mass is 10.1. The van der Waals surface area contributed by atoms with E-state index in [1.165, 1.54) is 0 Å². The summed E-state index contributed by atoms with van der Waals surface area (Å²) in [7, 11) is 1.57. The second kappa shape index (κ2) is 9.61. The van der Waals surface area contributed by atoms with Crippen LogP contribution in [0.2, 0.25) is 15.1 Å². The Morgan fingerprint density at radius 1 is 0.871 bits per heavy atom. The molecule has 31 heavy (non-hydrogen) atoms. The van der Waals surface area contributed by atoms with Gasteiger partial charge in [0.1, 0.15) is 23.6 Å². The van der Waals surface area contributed by atoms with Crippen LogP contribution in [0.15, 0.2) is 66.7 Å². The predicted molar refractivity (Wildman–Crippen MR) is 129 cm³/mol. The second-order valence-corrected chi connectivity index (χ2v) is 8.04. The molecule has 0 aliphatic heterocycles. The number of halogens is 3. The molecule has 0 saturated heterocycles. The standard InChI is InChI=1S/C25H18Cl3NO2/c1-30-25-17(13-19(26)14-22(25)28)10-12-20-11-9-16-6-4-8-23(24(16)29-20)31-15-18-5-2-3-7-21(18)27/h2-14H,15H2,1H3/b12-10+. The summed E-state index contributed by atoms with van der Waals surface area (Å²) in [5.41, 5.74) is 3.22. The Morgan fingerprint density at radius 3 is 2.52 bits per heavy atom. The van der Waals surface area contributed by atoms with E-state index in [0.29, 0.717) is 33.2 Å².